The number of carbonyl (C=O) groups excluding carboxylic acids is 1. The molecule has 134 valence electrons. The summed E-state index contributed by atoms with van der Waals surface area (Å²) in [4.78, 5) is 17.9. The molecule has 3 rings (SSSR count). The van der Waals surface area contributed by atoms with Gasteiger partial charge < -0.3 is 14.6 Å². The van der Waals surface area contributed by atoms with Crippen molar-refractivity contribution in [3.63, 3.8) is 0 Å². The molecule has 0 bridgehead atoms. The molecule has 25 heavy (non-hydrogen) atoms. The van der Waals surface area contributed by atoms with Crippen molar-refractivity contribution in [3.05, 3.63) is 47.0 Å². The summed E-state index contributed by atoms with van der Waals surface area (Å²) in [6.07, 6.45) is 3.64. The molecule has 0 saturated carbocycles. The summed E-state index contributed by atoms with van der Waals surface area (Å²) >= 11 is 5.37. The fourth-order valence-electron chi connectivity index (χ4n) is 3.20. The zero-order valence-corrected chi connectivity index (χ0v) is 15.8. The second-order valence-electron chi connectivity index (χ2n) is 7.37. The number of likely N-dealkylation sites (tertiary alicyclic amines) is 1. The van der Waals surface area contributed by atoms with Crippen molar-refractivity contribution < 1.29 is 9.53 Å². The monoisotopic (exact) mass is 359 g/mol. The number of nitrogens with zero attached hydrogens (tertiary/aromatic N) is 2. The highest BCUT2D eigenvalue weighted by Crippen LogP contribution is 2.22. The summed E-state index contributed by atoms with van der Waals surface area (Å²) in [5.41, 5.74) is 1.32. The normalized spacial score (nSPS) is 16.2. The zero-order chi connectivity index (χ0) is 18.0. The minimum atomic E-state index is -0.148. The first-order valence-corrected chi connectivity index (χ1v) is 9.09. The molecule has 6 heteroatoms. The highest BCUT2D eigenvalue weighted by molar-refractivity contribution is 7.71. The predicted octanol–water partition coefficient (Wildman–Crippen LogP) is 3.95. The number of rotatable bonds is 3. The molecule has 0 unspecified atom stereocenters. The maximum atomic E-state index is 13.0. The summed E-state index contributed by atoms with van der Waals surface area (Å²) in [6, 6.07) is 9.72. The van der Waals surface area contributed by atoms with E-state index in [1.807, 2.05) is 35.2 Å². The minimum absolute atomic E-state index is 0.00501. The molecule has 0 spiro atoms. The SMILES string of the molecule is CC(C)(C)OC1CCN(C(=O)c2c[nH]c(=S)n2-c2ccccc2)CC1. The third-order valence-corrected chi connectivity index (χ3v) is 4.56. The average Bonchev–Trinajstić information content (AvgIpc) is 2.96. The molecule has 0 aliphatic carbocycles. The highest BCUT2D eigenvalue weighted by Gasteiger charge is 2.28. The standard InChI is InChI=1S/C19H25N3O2S/c1-19(2,3)24-15-9-11-21(12-10-15)17(23)16-13-20-18(25)22(16)14-7-5-4-6-8-14/h4-8,13,15H,9-12H2,1-3H3,(H,20,25). The smallest absolute Gasteiger partial charge is 0.272 e. The van der Waals surface area contributed by atoms with Crippen LogP contribution in [-0.4, -0.2) is 45.2 Å². The number of carbonyl (C=O) groups is 1. The molecule has 2 aromatic rings. The second kappa shape index (κ2) is 7.14. The van der Waals surface area contributed by atoms with Gasteiger partial charge in [0.15, 0.2) is 4.77 Å². The Bertz CT molecular complexity index is 781. The van der Waals surface area contributed by atoms with E-state index < -0.39 is 0 Å². The number of aromatic amines is 1. The molecule has 1 saturated heterocycles. The van der Waals surface area contributed by atoms with Crippen LogP contribution in [0.1, 0.15) is 44.1 Å². The van der Waals surface area contributed by atoms with E-state index in [9.17, 15) is 4.79 Å². The number of H-pyrrole nitrogens is 1. The Morgan fingerprint density at radius 1 is 1.20 bits per heavy atom. The molecule has 1 amide bonds. The van der Waals surface area contributed by atoms with Gasteiger partial charge in [-0.25, -0.2) is 0 Å². The summed E-state index contributed by atoms with van der Waals surface area (Å²) < 4.78 is 8.37. The lowest BCUT2D eigenvalue weighted by Crippen LogP contribution is -2.43. The molecule has 1 aromatic carbocycles. The zero-order valence-electron chi connectivity index (χ0n) is 15.0. The number of piperidine rings is 1. The van der Waals surface area contributed by atoms with Crippen LogP contribution in [0.5, 0.6) is 0 Å². The summed E-state index contributed by atoms with van der Waals surface area (Å²) in [5.74, 6) is 0.00501. The van der Waals surface area contributed by atoms with Crippen LogP contribution in [0, 0.1) is 4.77 Å². The van der Waals surface area contributed by atoms with Crippen molar-refractivity contribution in [3.8, 4) is 5.69 Å². The third kappa shape index (κ3) is 4.19. The molecule has 2 heterocycles. The van der Waals surface area contributed by atoms with E-state index in [0.717, 1.165) is 18.5 Å². The number of imidazole rings is 1. The Balaban J connectivity index is 1.74. The van der Waals surface area contributed by atoms with Crippen LogP contribution in [0.4, 0.5) is 0 Å². The lowest BCUT2D eigenvalue weighted by atomic mass is 10.1. The number of hydrogen-bond donors (Lipinski definition) is 1. The van der Waals surface area contributed by atoms with Gasteiger partial charge in [0, 0.05) is 25.0 Å². The molecule has 0 atom stereocenters. The average molecular weight is 359 g/mol. The van der Waals surface area contributed by atoms with Crippen LogP contribution in [0.25, 0.3) is 5.69 Å². The quantitative estimate of drug-likeness (QED) is 0.844. The van der Waals surface area contributed by atoms with Crippen molar-refractivity contribution in [2.24, 2.45) is 0 Å². The Morgan fingerprint density at radius 3 is 2.44 bits per heavy atom. The second-order valence-corrected chi connectivity index (χ2v) is 7.76. The molecular weight excluding hydrogens is 334 g/mol. The Kier molecular flexibility index (Phi) is 5.11. The van der Waals surface area contributed by atoms with Gasteiger partial charge in [-0.15, -0.1) is 0 Å². The first kappa shape index (κ1) is 17.9. The first-order valence-electron chi connectivity index (χ1n) is 8.68. The van der Waals surface area contributed by atoms with Gasteiger partial charge >= 0.3 is 0 Å². The van der Waals surface area contributed by atoms with Gasteiger partial charge in [0.2, 0.25) is 0 Å². The largest absolute Gasteiger partial charge is 0.372 e. The van der Waals surface area contributed by atoms with E-state index in [4.69, 9.17) is 17.0 Å². The van der Waals surface area contributed by atoms with Crippen LogP contribution in [0.15, 0.2) is 36.5 Å². The van der Waals surface area contributed by atoms with E-state index in [-0.39, 0.29) is 17.6 Å². The summed E-state index contributed by atoms with van der Waals surface area (Å²) in [6.45, 7) is 7.60. The van der Waals surface area contributed by atoms with Crippen LogP contribution in [-0.2, 0) is 4.74 Å². The fraction of sp³-hybridized carbons (Fsp3) is 0.474. The lowest BCUT2D eigenvalue weighted by molar-refractivity contribution is -0.0791. The minimum Gasteiger partial charge on any atom is -0.372 e. The van der Waals surface area contributed by atoms with Crippen molar-refractivity contribution in [1.82, 2.24) is 14.5 Å². The van der Waals surface area contributed by atoms with Crippen molar-refractivity contribution in [2.75, 3.05) is 13.1 Å². The lowest BCUT2D eigenvalue weighted by Gasteiger charge is -2.35. The van der Waals surface area contributed by atoms with Gasteiger partial charge in [0.1, 0.15) is 5.69 Å². The number of para-hydroxylation sites is 1. The molecule has 1 N–H and O–H groups in total. The molecule has 1 fully saturated rings. The van der Waals surface area contributed by atoms with Gasteiger partial charge in [-0.1, -0.05) is 18.2 Å². The van der Waals surface area contributed by atoms with Gasteiger partial charge in [-0.2, -0.15) is 0 Å². The number of aromatic nitrogens is 2. The van der Waals surface area contributed by atoms with Crippen molar-refractivity contribution in [1.29, 1.82) is 0 Å². The Morgan fingerprint density at radius 2 is 1.84 bits per heavy atom. The Hall–Kier alpha value is -1.92. The number of amides is 1. The van der Waals surface area contributed by atoms with Crippen LogP contribution >= 0.6 is 12.2 Å². The first-order chi connectivity index (χ1) is 11.8. The maximum Gasteiger partial charge on any atom is 0.272 e. The van der Waals surface area contributed by atoms with Crippen LogP contribution in [0.3, 0.4) is 0 Å². The van der Waals surface area contributed by atoms with Crippen LogP contribution < -0.4 is 0 Å². The highest BCUT2D eigenvalue weighted by atomic mass is 32.1. The number of hydrogen-bond acceptors (Lipinski definition) is 3. The molecule has 0 radical (unpaired) electrons. The van der Waals surface area contributed by atoms with Crippen LogP contribution in [0.2, 0.25) is 0 Å². The molecule has 5 nitrogen and oxygen atoms in total. The molecule has 1 aliphatic rings. The topological polar surface area (TPSA) is 50.3 Å². The number of ether oxygens (including phenoxy) is 1. The van der Waals surface area contributed by atoms with Crippen molar-refractivity contribution >= 4 is 18.1 Å². The van der Waals surface area contributed by atoms with Gasteiger partial charge in [-0.3, -0.25) is 9.36 Å². The molecule has 1 aliphatic heterocycles. The number of benzene rings is 1. The predicted molar refractivity (Wildman–Crippen MR) is 101 cm³/mol. The number of nitrogens with one attached hydrogen (secondary N) is 1. The van der Waals surface area contributed by atoms with Crippen molar-refractivity contribution in [2.45, 2.75) is 45.3 Å². The van der Waals surface area contributed by atoms with E-state index in [1.54, 1.807) is 10.8 Å². The third-order valence-electron chi connectivity index (χ3n) is 4.26. The van der Waals surface area contributed by atoms with E-state index in [0.29, 0.717) is 23.6 Å². The van der Waals surface area contributed by atoms with Gasteiger partial charge in [0.05, 0.1) is 11.7 Å². The van der Waals surface area contributed by atoms with Gasteiger partial charge in [-0.05, 0) is 58.0 Å². The summed E-state index contributed by atoms with van der Waals surface area (Å²) in [7, 11) is 0. The molecular formula is C19H25N3O2S. The fourth-order valence-corrected chi connectivity index (χ4v) is 3.46. The molecule has 1 aromatic heterocycles. The Labute approximate surface area is 153 Å². The van der Waals surface area contributed by atoms with E-state index in [2.05, 4.69) is 25.8 Å². The maximum absolute atomic E-state index is 13.0. The van der Waals surface area contributed by atoms with E-state index >= 15 is 0 Å². The summed E-state index contributed by atoms with van der Waals surface area (Å²) in [5, 5.41) is 0. The van der Waals surface area contributed by atoms with E-state index in [1.165, 1.54) is 0 Å². The van der Waals surface area contributed by atoms with Gasteiger partial charge in [0.25, 0.3) is 5.91 Å².